The SMILES string of the molecule is CNC(=O)C(C)=O.CNC(=O)C(C)=O.CNC(=O)N(C)C.CNC(=O)NC.CNC(=O)OC.CNC(=O)SC.CNC(=S)N(C)C.CNC(=S)NC.CNC(=S)OC.CNC(=S)SC.CNC(C)=O.CNC(C)=S.CNS(=O)(=O)N(C)C.CNS(=O)(=O)NC.CNS(=O)N(C)C.CNS(=O)NC. The van der Waals surface area contributed by atoms with E-state index in [9.17, 15) is 68.4 Å². The second-order valence-corrected chi connectivity index (χ2v) is 26.7. The minimum absolute atomic E-state index is 0.00463. The van der Waals surface area contributed by atoms with Crippen LogP contribution in [0.3, 0.4) is 0 Å². The number of methoxy groups -OCH3 is 2. The molecule has 9 amide bonds. The van der Waals surface area contributed by atoms with Gasteiger partial charge in [0.1, 0.15) is 4.32 Å². The van der Waals surface area contributed by atoms with Crippen LogP contribution < -0.4 is 103 Å². The number of thioether (sulfide) groups is 2. The summed E-state index contributed by atoms with van der Waals surface area (Å²) >= 11 is 23.9. The van der Waals surface area contributed by atoms with Crippen LogP contribution in [0.5, 0.6) is 0 Å². The predicted molar refractivity (Wildman–Crippen MR) is 443 cm³/mol. The third-order valence-corrected chi connectivity index (χ3v) is 15.4. The first-order chi connectivity index (χ1) is 46.7. The molecule has 0 aliphatic heterocycles. The third-order valence-electron chi connectivity index (χ3n) is 7.66. The summed E-state index contributed by atoms with van der Waals surface area (Å²) in [6, 6.07) is -0.227. The number of carbonyl (C=O) groups is 9. The smallest absolute Gasteiger partial charge is 0.406 e. The maximum absolute atomic E-state index is 10.5. The van der Waals surface area contributed by atoms with Gasteiger partial charge in [-0.15, -0.1) is 11.8 Å². The zero-order chi connectivity index (χ0) is 85.5. The van der Waals surface area contributed by atoms with Gasteiger partial charge in [-0.2, -0.15) is 21.1 Å². The molecule has 0 radical (unpaired) electrons. The van der Waals surface area contributed by atoms with Gasteiger partial charge in [-0.1, -0.05) is 36.2 Å². The van der Waals surface area contributed by atoms with Gasteiger partial charge in [-0.3, -0.25) is 28.8 Å². The molecule has 0 aromatic heterocycles. The third kappa shape index (κ3) is 162. The number of alkyl carbamates (subject to hydrolysis) is 1. The average Bonchev–Trinajstić information content (AvgIpc) is 0.933. The number of rotatable bonds is 10. The number of hydrogen-bond donors (Lipinski definition) is 20. The fourth-order valence-corrected chi connectivity index (χ4v) is 3.57. The molecule has 0 saturated carbocycles. The van der Waals surface area contributed by atoms with Gasteiger partial charge in [0.2, 0.25) is 17.5 Å². The Morgan fingerprint density at radius 3 is 0.784 bits per heavy atom. The molecule has 20 N–H and O–H groups in total. The molecule has 0 heterocycles. The summed E-state index contributed by atoms with van der Waals surface area (Å²) in [7, 11) is 42.1. The maximum atomic E-state index is 10.5. The van der Waals surface area contributed by atoms with Crippen LogP contribution in [0.25, 0.3) is 0 Å². The quantitative estimate of drug-likeness (QED) is 0.0729. The molecule has 0 aromatic rings. The molecular weight excluding hydrogens is 1560 g/mol. The van der Waals surface area contributed by atoms with Gasteiger partial charge in [0, 0.05) is 197 Å². The van der Waals surface area contributed by atoms with E-state index in [4.69, 9.17) is 24.4 Å². The van der Waals surface area contributed by atoms with E-state index in [1.165, 1.54) is 108 Å². The molecule has 0 spiro atoms. The van der Waals surface area contributed by atoms with Crippen molar-refractivity contribution in [3.8, 4) is 0 Å². The summed E-state index contributed by atoms with van der Waals surface area (Å²) in [6.45, 7) is 5.76. The van der Waals surface area contributed by atoms with Crippen LogP contribution in [-0.4, -0.2) is 345 Å². The van der Waals surface area contributed by atoms with Crippen molar-refractivity contribution < 1.29 is 77.9 Å². The number of thiocarbonyl (C=S) groups is 5. The molecule has 0 bridgehead atoms. The second-order valence-electron chi connectivity index (χ2n) is 15.8. The van der Waals surface area contributed by atoms with E-state index in [2.05, 4.69) is 149 Å². The number of amides is 9. The van der Waals surface area contributed by atoms with Crippen LogP contribution >= 0.6 is 84.6 Å². The van der Waals surface area contributed by atoms with Crippen molar-refractivity contribution in [3.05, 3.63) is 0 Å². The highest BCUT2D eigenvalue weighted by Gasteiger charge is 2.07. The van der Waals surface area contributed by atoms with Gasteiger partial charge < -0.3 is 93.7 Å². The summed E-state index contributed by atoms with van der Waals surface area (Å²) in [5.74, 6) is -1.99. The second kappa shape index (κ2) is 104. The van der Waals surface area contributed by atoms with E-state index in [-0.39, 0.29) is 23.2 Å². The summed E-state index contributed by atoms with van der Waals surface area (Å²) in [4.78, 5) is 94.0. The lowest BCUT2D eigenvalue weighted by molar-refractivity contribution is -0.136. The highest BCUT2D eigenvalue weighted by atomic mass is 32.2. The lowest BCUT2D eigenvalue weighted by atomic mass is 10.4. The predicted octanol–water partition coefficient (Wildman–Crippen LogP) is -4.17. The van der Waals surface area contributed by atoms with Gasteiger partial charge in [0.15, 0.2) is 32.6 Å². The van der Waals surface area contributed by atoms with Gasteiger partial charge in [0.05, 0.1) is 19.2 Å². The Labute approximate surface area is 651 Å². The van der Waals surface area contributed by atoms with E-state index in [1.54, 1.807) is 128 Å². The van der Waals surface area contributed by atoms with Crippen LogP contribution in [0.15, 0.2) is 0 Å². The molecule has 52 heteroatoms. The molecule has 0 saturated heterocycles. The highest BCUT2D eigenvalue weighted by Crippen LogP contribution is 1.90. The molecule has 0 fully saturated rings. The minimum atomic E-state index is -3.16. The van der Waals surface area contributed by atoms with Crippen LogP contribution in [0, 0.1) is 0 Å². The van der Waals surface area contributed by atoms with Crippen molar-refractivity contribution in [1.29, 1.82) is 0 Å². The summed E-state index contributed by atoms with van der Waals surface area (Å²) in [6.07, 6.45) is 3.27. The fourth-order valence-electron chi connectivity index (χ4n) is 2.03. The number of likely N-dealkylation sites (N-methyl/N-ethyl adjacent to an activating group) is 2. The van der Waals surface area contributed by atoms with Crippen LogP contribution in [0.4, 0.5) is 19.2 Å². The summed E-state index contributed by atoms with van der Waals surface area (Å²) in [5, 5.41) is 37.0. The highest BCUT2D eigenvalue weighted by molar-refractivity contribution is 8.22. The first-order valence-corrected chi connectivity index (χ1v) is 37.6. The van der Waals surface area contributed by atoms with Crippen molar-refractivity contribution in [2.75, 3.05) is 224 Å². The molecule has 0 aliphatic carbocycles. The Hall–Kier alpha value is -5.54. The van der Waals surface area contributed by atoms with E-state index >= 15 is 0 Å². The zero-order valence-corrected chi connectivity index (χ0v) is 75.2. The Morgan fingerprint density at radius 2 is 0.784 bits per heavy atom. The zero-order valence-electron chi connectivity index (χ0n) is 66.2. The van der Waals surface area contributed by atoms with Crippen molar-refractivity contribution in [2.45, 2.75) is 27.7 Å². The lowest BCUT2D eigenvalue weighted by Crippen LogP contribution is -2.32. The monoisotopic (exact) mass is 1690 g/mol. The van der Waals surface area contributed by atoms with Crippen LogP contribution in [0.1, 0.15) is 27.7 Å². The van der Waals surface area contributed by atoms with Crippen LogP contribution in [-0.2, 0) is 76.2 Å². The molecule has 41 nitrogen and oxygen atoms in total. The topological polar surface area (TPSA) is 528 Å². The molecule has 102 heavy (non-hydrogen) atoms. The number of nitrogens with one attached hydrogen (secondary N) is 20. The number of Topliss-reactive ketones (excluding diaryl/α,β-unsaturated/α-hetero) is 2. The van der Waals surface area contributed by atoms with Crippen molar-refractivity contribution in [2.24, 2.45) is 0 Å². The van der Waals surface area contributed by atoms with Gasteiger partial charge in [-0.05, 0) is 77.2 Å². The van der Waals surface area contributed by atoms with Gasteiger partial charge in [0.25, 0.3) is 42.6 Å². The number of ketones is 2. The fraction of sp³-hybridized carbons (Fsp3) is 0.720. The molecule has 0 aromatic carbocycles. The van der Waals surface area contributed by atoms with Gasteiger partial charge in [-0.25, -0.2) is 55.4 Å². The summed E-state index contributed by atoms with van der Waals surface area (Å²) in [5.41, 5.74) is 0. The first-order valence-electron chi connectivity index (χ1n) is 27.9. The normalized spacial score (nSPS) is 8.74. The van der Waals surface area contributed by atoms with Crippen molar-refractivity contribution in [3.63, 3.8) is 0 Å². The first kappa shape index (κ1) is 136. The number of carbonyl (C=O) groups excluding carboxylic acids is 9. The standard InChI is InChI=1S/C4H10N2O.C4H10N2S.2C4H7NO2.C3H10N2O2S.C3H10N2OS.C3H8N2O.C3H8N2S.C3H7NO2.2C3H7NOS.C3H7NO.C3H7NS2.C3H7NS.C2H8N2O2S.C2H8N2OS/c2*1-5-4(7)6(2)3;2*1-3(6)4(7)5-2;1-4-8(6,7)5(2)3;1-4-7(6)5(2)3;2*1-4-3(6)5-2;2*1-4-3(5)6-2;1-4-3(6)5-2;1-3(5)4-2;1-4-3(5)6-2;1-3(5)4-2;1-3-7(5,6)4-2;1-3-6(5)4-2/h2*1-3H3,(H,5,7);2*1-2H3,(H,5,7);4H,1-3H3;4H,1-3H3;2*1-2H3,(H2,4,5,6);2*1-2H3,(H,4,5);1-2H3,(H,4,6);1-2H3,(H,4,5);1-2H3,(H,4,5);1-2H3,(H,4,5);3-4H,1-2H3;3-4H,1-2H3. The van der Waals surface area contributed by atoms with E-state index < -0.39 is 72.2 Å². The van der Waals surface area contributed by atoms with E-state index in [0.29, 0.717) is 10.3 Å². The van der Waals surface area contributed by atoms with Gasteiger partial charge >= 0.3 is 18.2 Å². The van der Waals surface area contributed by atoms with Crippen LogP contribution in [0.2, 0.25) is 0 Å². The minimum Gasteiger partial charge on any atom is -0.474 e. The number of hydrogen-bond acceptors (Lipinski definition) is 24. The Balaban J connectivity index is -0.0000000553. The Morgan fingerprint density at radius 1 is 0.422 bits per heavy atom. The Kier molecular flexibility index (Phi) is 139. The molecule has 1 atom stereocenters. The molecule has 616 valence electrons. The van der Waals surface area contributed by atoms with Crippen molar-refractivity contribution in [1.82, 2.24) is 121 Å². The number of urea groups is 2. The molecular formula is C50H128N24O17S11. The maximum Gasteiger partial charge on any atom is 0.406 e. The molecule has 0 aliphatic rings. The Bertz CT molecular complexity index is 2140. The van der Waals surface area contributed by atoms with E-state index in [0.717, 1.165) is 18.7 Å². The number of nitrogens with zero attached hydrogens (tertiary/aromatic N) is 4. The molecule has 0 rings (SSSR count). The summed E-state index contributed by atoms with van der Waals surface area (Å²) < 4.78 is 87.8. The van der Waals surface area contributed by atoms with Crippen molar-refractivity contribution >= 4 is 205 Å². The number of ether oxygens (including phenoxy) is 2. The average molecular weight is 1690 g/mol. The largest absolute Gasteiger partial charge is 0.474 e. The molecule has 1 unspecified atom stereocenters. The van der Waals surface area contributed by atoms with E-state index in [1.807, 2.05) is 53.3 Å². The lowest BCUT2D eigenvalue weighted by Gasteiger charge is -2.11.